The molecule has 4 heteroatoms. The van der Waals surface area contributed by atoms with E-state index in [4.69, 9.17) is 15.3 Å². The molecule has 0 aliphatic carbocycles. The minimum Gasteiger partial charge on any atom is -0.337 e. The van der Waals surface area contributed by atoms with Crippen molar-refractivity contribution in [1.82, 2.24) is 0 Å². The Bertz CT molecular complexity index is 465. The van der Waals surface area contributed by atoms with E-state index in [1.54, 1.807) is 0 Å². The molecule has 26 heavy (non-hydrogen) atoms. The summed E-state index contributed by atoms with van der Waals surface area (Å²) in [5, 5.41) is 26.1. The third-order valence-electron chi connectivity index (χ3n) is 4.84. The summed E-state index contributed by atoms with van der Waals surface area (Å²) in [6.07, 6.45) is 15.3. The third kappa shape index (κ3) is 12.2. The summed E-state index contributed by atoms with van der Waals surface area (Å²) in [6, 6.07) is 10.7. The first-order valence-electron chi connectivity index (χ1n) is 10.2. The number of hydrogen-bond donors (Lipinski definition) is 3. The quantitative estimate of drug-likeness (QED) is 0.298. The first kappa shape index (κ1) is 22.8. The van der Waals surface area contributed by atoms with E-state index in [2.05, 4.69) is 30.3 Å². The molecule has 3 N–H and O–H groups in total. The number of rotatable bonds is 16. The van der Waals surface area contributed by atoms with Crippen LogP contribution in [0.5, 0.6) is 0 Å². The zero-order valence-electron chi connectivity index (χ0n) is 16.0. The predicted octanol–water partition coefficient (Wildman–Crippen LogP) is 4.50. The van der Waals surface area contributed by atoms with Crippen LogP contribution in [0, 0.1) is 0 Å². The lowest BCUT2D eigenvalue weighted by Gasteiger charge is -2.11. The Morgan fingerprint density at radius 3 is 1.54 bits per heavy atom. The van der Waals surface area contributed by atoms with Gasteiger partial charge in [-0.05, 0) is 24.8 Å². The Balaban J connectivity index is 1.78. The molecule has 0 bridgehead atoms. The summed E-state index contributed by atoms with van der Waals surface area (Å²) in [5.41, 5.74) is 1.44. The third-order valence-corrected chi connectivity index (χ3v) is 4.84. The normalized spacial score (nSPS) is 11.7. The molecule has 0 spiro atoms. The maximum Gasteiger partial charge on any atom is 0.339 e. The van der Waals surface area contributed by atoms with Crippen molar-refractivity contribution in [3.63, 3.8) is 0 Å². The van der Waals surface area contributed by atoms with Gasteiger partial charge in [-0.1, -0.05) is 94.5 Å². The second-order valence-electron chi connectivity index (χ2n) is 7.29. The summed E-state index contributed by atoms with van der Waals surface area (Å²) < 4.78 is 0. The van der Waals surface area contributed by atoms with Gasteiger partial charge >= 0.3 is 5.97 Å². The van der Waals surface area contributed by atoms with Crippen molar-refractivity contribution in [2.75, 3.05) is 0 Å². The Hall–Kier alpha value is -1.23. The second-order valence-corrected chi connectivity index (χ2v) is 7.29. The Kier molecular flexibility index (Phi) is 12.2. The van der Waals surface area contributed by atoms with E-state index in [9.17, 15) is 4.79 Å². The summed E-state index contributed by atoms with van der Waals surface area (Å²) in [6.45, 7) is 0. The Morgan fingerprint density at radius 1 is 0.654 bits per heavy atom. The molecular formula is C22H36O4. The zero-order chi connectivity index (χ0) is 19.1. The van der Waals surface area contributed by atoms with Gasteiger partial charge in [0.2, 0.25) is 5.78 Å². The minimum atomic E-state index is -3.15. The highest BCUT2D eigenvalue weighted by Crippen LogP contribution is 2.14. The van der Waals surface area contributed by atoms with Crippen LogP contribution < -0.4 is 0 Å². The fourth-order valence-corrected chi connectivity index (χ4v) is 3.19. The molecule has 148 valence electrons. The first-order valence-corrected chi connectivity index (χ1v) is 10.2. The molecule has 1 rings (SSSR count). The lowest BCUT2D eigenvalue weighted by atomic mass is 10.0. The first-order chi connectivity index (χ1) is 12.5. The van der Waals surface area contributed by atoms with E-state index in [1.165, 1.54) is 63.4 Å². The van der Waals surface area contributed by atoms with Crippen LogP contribution in [0.2, 0.25) is 0 Å². The van der Waals surface area contributed by atoms with Crippen molar-refractivity contribution in [2.24, 2.45) is 0 Å². The Morgan fingerprint density at radius 2 is 1.08 bits per heavy atom. The van der Waals surface area contributed by atoms with Gasteiger partial charge < -0.3 is 15.3 Å². The fourth-order valence-electron chi connectivity index (χ4n) is 3.19. The molecule has 1 aromatic carbocycles. The predicted molar refractivity (Wildman–Crippen MR) is 105 cm³/mol. The number of aliphatic hydroxyl groups is 3. The highest BCUT2D eigenvalue weighted by atomic mass is 16.7. The number of carbonyl (C=O) groups is 1. The van der Waals surface area contributed by atoms with Crippen molar-refractivity contribution in [1.29, 1.82) is 0 Å². The lowest BCUT2D eigenvalue weighted by Crippen LogP contribution is -2.37. The molecule has 0 atom stereocenters. The number of Topliss-reactive ketones (excluding diaryl/α,β-unsaturated/α-hetero) is 1. The molecule has 0 radical (unpaired) electrons. The van der Waals surface area contributed by atoms with Gasteiger partial charge in [0.1, 0.15) is 0 Å². The van der Waals surface area contributed by atoms with Crippen LogP contribution in [0.3, 0.4) is 0 Å². The molecule has 0 amide bonds. The second kappa shape index (κ2) is 13.9. The molecule has 0 saturated carbocycles. The Labute approximate surface area is 158 Å². The minimum absolute atomic E-state index is 0.0216. The smallest absolute Gasteiger partial charge is 0.337 e. The largest absolute Gasteiger partial charge is 0.339 e. The van der Waals surface area contributed by atoms with E-state index in [-0.39, 0.29) is 6.42 Å². The number of carbonyl (C=O) groups excluding carboxylic acids is 1. The van der Waals surface area contributed by atoms with Crippen LogP contribution >= 0.6 is 0 Å². The summed E-state index contributed by atoms with van der Waals surface area (Å²) >= 11 is 0. The van der Waals surface area contributed by atoms with Crippen molar-refractivity contribution >= 4 is 5.78 Å². The van der Waals surface area contributed by atoms with Crippen molar-refractivity contribution < 1.29 is 20.1 Å². The SMILES string of the molecule is O=C(CCCCCCCCCCCCCCc1ccccc1)C(O)(O)O. The van der Waals surface area contributed by atoms with Gasteiger partial charge in [-0.3, -0.25) is 4.79 Å². The molecule has 0 saturated heterocycles. The van der Waals surface area contributed by atoms with Gasteiger partial charge in [-0.25, -0.2) is 0 Å². The maximum atomic E-state index is 11.1. The number of unbranched alkanes of at least 4 members (excludes halogenated alkanes) is 11. The average Bonchev–Trinajstić information content (AvgIpc) is 2.62. The van der Waals surface area contributed by atoms with Crippen LogP contribution in [-0.2, 0) is 11.2 Å². The van der Waals surface area contributed by atoms with Crippen LogP contribution in [0.4, 0.5) is 0 Å². The standard InChI is InChI=1S/C22H36O4/c23-21(22(24,25)26)19-15-10-8-6-4-2-1-3-5-7-9-12-16-20-17-13-11-14-18-20/h11,13-14,17-18,24-26H,1-10,12,15-16,19H2. The monoisotopic (exact) mass is 364 g/mol. The van der Waals surface area contributed by atoms with Crippen LogP contribution in [-0.4, -0.2) is 27.1 Å². The van der Waals surface area contributed by atoms with E-state index in [0.29, 0.717) is 6.42 Å². The van der Waals surface area contributed by atoms with Crippen molar-refractivity contribution in [2.45, 2.75) is 95.9 Å². The molecule has 0 aliphatic rings. The van der Waals surface area contributed by atoms with Crippen LogP contribution in [0.1, 0.15) is 89.0 Å². The van der Waals surface area contributed by atoms with Gasteiger partial charge in [0, 0.05) is 6.42 Å². The van der Waals surface area contributed by atoms with Crippen LogP contribution in [0.25, 0.3) is 0 Å². The topological polar surface area (TPSA) is 77.8 Å². The van der Waals surface area contributed by atoms with Gasteiger partial charge in [0.15, 0.2) is 0 Å². The molecule has 4 nitrogen and oxygen atoms in total. The summed E-state index contributed by atoms with van der Waals surface area (Å²) in [7, 11) is 0. The van der Waals surface area contributed by atoms with Crippen molar-refractivity contribution in [3.8, 4) is 0 Å². The molecule has 0 unspecified atom stereocenters. The summed E-state index contributed by atoms with van der Waals surface area (Å²) in [5.74, 6) is -4.07. The lowest BCUT2D eigenvalue weighted by molar-refractivity contribution is -0.287. The summed E-state index contributed by atoms with van der Waals surface area (Å²) in [4.78, 5) is 11.1. The number of benzene rings is 1. The van der Waals surface area contributed by atoms with E-state index in [1.807, 2.05) is 0 Å². The average molecular weight is 365 g/mol. The fraction of sp³-hybridized carbons (Fsp3) is 0.682. The van der Waals surface area contributed by atoms with Gasteiger partial charge in [0.25, 0.3) is 0 Å². The maximum absolute atomic E-state index is 11.1. The molecule has 0 fully saturated rings. The van der Waals surface area contributed by atoms with Gasteiger partial charge in [-0.15, -0.1) is 0 Å². The van der Waals surface area contributed by atoms with E-state index >= 15 is 0 Å². The highest BCUT2D eigenvalue weighted by Gasteiger charge is 2.28. The molecule has 0 aliphatic heterocycles. The molecule has 0 aromatic heterocycles. The number of hydrogen-bond acceptors (Lipinski definition) is 4. The van der Waals surface area contributed by atoms with Gasteiger partial charge in [-0.2, -0.15) is 0 Å². The van der Waals surface area contributed by atoms with E-state index in [0.717, 1.165) is 19.3 Å². The zero-order valence-corrected chi connectivity index (χ0v) is 16.0. The number of ketones is 1. The van der Waals surface area contributed by atoms with Crippen molar-refractivity contribution in [3.05, 3.63) is 35.9 Å². The van der Waals surface area contributed by atoms with Gasteiger partial charge in [0.05, 0.1) is 0 Å². The number of aryl methyl sites for hydroxylation is 1. The van der Waals surface area contributed by atoms with E-state index < -0.39 is 11.8 Å². The molecule has 0 heterocycles. The highest BCUT2D eigenvalue weighted by molar-refractivity contribution is 5.83. The molecular weight excluding hydrogens is 328 g/mol. The van der Waals surface area contributed by atoms with Crippen LogP contribution in [0.15, 0.2) is 30.3 Å². The molecule has 1 aromatic rings.